The highest BCUT2D eigenvalue weighted by Crippen LogP contribution is 2.28. The number of cyclic esters (lactones) is 1. The van der Waals surface area contributed by atoms with Crippen molar-refractivity contribution in [3.05, 3.63) is 24.0 Å². The van der Waals surface area contributed by atoms with Crippen LogP contribution in [0.15, 0.2) is 18.2 Å². The van der Waals surface area contributed by atoms with Crippen molar-refractivity contribution in [3.63, 3.8) is 0 Å². The predicted molar refractivity (Wildman–Crippen MR) is 97.3 cm³/mol. The fourth-order valence-corrected chi connectivity index (χ4v) is 3.35. The third-order valence-corrected chi connectivity index (χ3v) is 4.81. The molecule has 0 radical (unpaired) electrons. The fraction of sp³-hybridized carbons (Fsp3) is 0.556. The number of carbonyl (C=O) groups excluding carboxylic acids is 2. The highest BCUT2D eigenvalue weighted by molar-refractivity contribution is 5.90. The van der Waals surface area contributed by atoms with Gasteiger partial charge in [-0.15, -0.1) is 0 Å². The lowest BCUT2D eigenvalue weighted by Crippen LogP contribution is -2.47. The smallest absolute Gasteiger partial charge is 0.414 e. The van der Waals surface area contributed by atoms with Gasteiger partial charge in [0.05, 0.1) is 24.5 Å². The number of benzene rings is 1. The second-order valence-corrected chi connectivity index (χ2v) is 6.71. The Morgan fingerprint density at radius 2 is 2.04 bits per heavy atom. The van der Waals surface area contributed by atoms with Crippen molar-refractivity contribution in [2.24, 2.45) is 0 Å². The first-order valence-corrected chi connectivity index (χ1v) is 9.03. The topological polar surface area (TPSA) is 65.1 Å². The maximum atomic E-state index is 14.7. The van der Waals surface area contributed by atoms with Crippen LogP contribution in [0.5, 0.6) is 0 Å². The number of rotatable bonds is 6. The zero-order valence-electron chi connectivity index (χ0n) is 15.3. The minimum Gasteiger partial charge on any atom is -0.442 e. The number of anilines is 2. The molecule has 0 spiro atoms. The molecule has 3 rings (SSSR count). The molecular formula is C18H24F2N4O3. The van der Waals surface area contributed by atoms with Gasteiger partial charge in [0, 0.05) is 39.6 Å². The Morgan fingerprint density at radius 1 is 1.30 bits per heavy atom. The zero-order chi connectivity index (χ0) is 19.4. The van der Waals surface area contributed by atoms with Crippen LogP contribution < -0.4 is 15.1 Å². The molecule has 2 aliphatic heterocycles. The average Bonchev–Trinajstić information content (AvgIpc) is 3.02. The second kappa shape index (κ2) is 8.51. The molecule has 1 N–H and O–H groups in total. The quantitative estimate of drug-likeness (QED) is 0.805. The molecule has 2 amide bonds. The van der Waals surface area contributed by atoms with Gasteiger partial charge < -0.3 is 15.0 Å². The molecule has 7 nitrogen and oxygen atoms in total. The van der Waals surface area contributed by atoms with Crippen LogP contribution in [0, 0.1) is 5.82 Å². The van der Waals surface area contributed by atoms with E-state index in [9.17, 15) is 18.4 Å². The number of hydrogen-bond acceptors (Lipinski definition) is 5. The van der Waals surface area contributed by atoms with Crippen LogP contribution in [-0.2, 0) is 9.53 Å². The third kappa shape index (κ3) is 4.65. The van der Waals surface area contributed by atoms with Crippen LogP contribution in [0.2, 0.25) is 0 Å². The lowest BCUT2D eigenvalue weighted by molar-refractivity contribution is -0.119. The molecule has 0 unspecified atom stereocenters. The summed E-state index contributed by atoms with van der Waals surface area (Å²) in [6.45, 7) is 4.52. The standard InChI is InChI=1S/C18H24F2N4O3/c1-13(25)21-11-15-12-24(18(26)27-15)14-2-3-17(16(20)10-14)23-8-6-22(5-4-19)7-9-23/h2-3,10,15H,4-9,11-12H2,1H3,(H,21,25)/t15-/m0/s1. The molecule has 0 aliphatic carbocycles. The number of amides is 2. The van der Waals surface area contributed by atoms with Gasteiger partial charge in [0.15, 0.2) is 0 Å². The Bertz CT molecular complexity index is 695. The molecular weight excluding hydrogens is 358 g/mol. The van der Waals surface area contributed by atoms with Crippen molar-refractivity contribution < 1.29 is 23.1 Å². The molecule has 1 aromatic carbocycles. The summed E-state index contributed by atoms with van der Waals surface area (Å²) in [5.41, 5.74) is 0.892. The van der Waals surface area contributed by atoms with E-state index in [0.29, 0.717) is 44.1 Å². The van der Waals surface area contributed by atoms with Crippen molar-refractivity contribution in [1.82, 2.24) is 10.2 Å². The van der Waals surface area contributed by atoms with Gasteiger partial charge >= 0.3 is 6.09 Å². The van der Waals surface area contributed by atoms with Crippen LogP contribution in [0.4, 0.5) is 25.0 Å². The second-order valence-electron chi connectivity index (χ2n) is 6.71. The summed E-state index contributed by atoms with van der Waals surface area (Å²) in [7, 11) is 0. The average molecular weight is 382 g/mol. The first-order chi connectivity index (χ1) is 13.0. The highest BCUT2D eigenvalue weighted by atomic mass is 19.1. The van der Waals surface area contributed by atoms with Crippen molar-refractivity contribution >= 4 is 23.4 Å². The minimum atomic E-state index is -0.558. The van der Waals surface area contributed by atoms with Crippen LogP contribution in [0.1, 0.15) is 6.92 Å². The Labute approximate surface area is 156 Å². The number of nitrogens with one attached hydrogen (secondary N) is 1. The first-order valence-electron chi connectivity index (χ1n) is 9.03. The Balaban J connectivity index is 1.63. The monoisotopic (exact) mass is 382 g/mol. The van der Waals surface area contributed by atoms with Crippen LogP contribution >= 0.6 is 0 Å². The van der Waals surface area contributed by atoms with Gasteiger partial charge in [-0.2, -0.15) is 0 Å². The van der Waals surface area contributed by atoms with Gasteiger partial charge in [0.25, 0.3) is 0 Å². The number of hydrogen-bond donors (Lipinski definition) is 1. The lowest BCUT2D eigenvalue weighted by atomic mass is 10.2. The maximum absolute atomic E-state index is 14.7. The van der Waals surface area contributed by atoms with E-state index in [1.54, 1.807) is 12.1 Å². The van der Waals surface area contributed by atoms with Crippen LogP contribution in [-0.4, -0.2) is 75.5 Å². The molecule has 0 aromatic heterocycles. The van der Waals surface area contributed by atoms with Gasteiger partial charge in [-0.3, -0.25) is 14.6 Å². The Kier molecular flexibility index (Phi) is 6.10. The summed E-state index contributed by atoms with van der Waals surface area (Å²) in [5, 5.41) is 2.61. The molecule has 0 saturated carbocycles. The summed E-state index contributed by atoms with van der Waals surface area (Å²) < 4.78 is 32.3. The Morgan fingerprint density at radius 3 is 2.67 bits per heavy atom. The Hall–Kier alpha value is -2.42. The van der Waals surface area contributed by atoms with E-state index < -0.39 is 18.0 Å². The van der Waals surface area contributed by atoms with E-state index in [0.717, 1.165) is 0 Å². The molecule has 1 aromatic rings. The molecule has 9 heteroatoms. The molecule has 0 bridgehead atoms. The van der Waals surface area contributed by atoms with Gasteiger partial charge in [-0.1, -0.05) is 0 Å². The van der Waals surface area contributed by atoms with E-state index in [1.165, 1.54) is 17.9 Å². The summed E-state index contributed by atoms with van der Waals surface area (Å²) in [4.78, 5) is 28.3. The van der Waals surface area contributed by atoms with E-state index in [-0.39, 0.29) is 25.7 Å². The SMILES string of the molecule is CC(=O)NC[C@H]1CN(c2ccc(N3CCN(CCF)CC3)c(F)c2)C(=O)O1. The van der Waals surface area contributed by atoms with E-state index in [4.69, 9.17) is 4.74 Å². The number of ether oxygens (including phenoxy) is 1. The molecule has 148 valence electrons. The van der Waals surface area contributed by atoms with Crippen LogP contribution in [0.25, 0.3) is 0 Å². The van der Waals surface area contributed by atoms with Gasteiger partial charge in [0.1, 0.15) is 18.6 Å². The first kappa shape index (κ1) is 19.3. The summed E-state index contributed by atoms with van der Waals surface area (Å²) in [6.07, 6.45) is -1.02. The van der Waals surface area contributed by atoms with E-state index in [1.807, 2.05) is 9.80 Å². The predicted octanol–water partition coefficient (Wildman–Crippen LogP) is 1.38. The van der Waals surface area contributed by atoms with Crippen molar-refractivity contribution in [3.8, 4) is 0 Å². The summed E-state index contributed by atoms with van der Waals surface area (Å²) in [6, 6.07) is 4.67. The van der Waals surface area contributed by atoms with Crippen molar-refractivity contribution in [2.45, 2.75) is 13.0 Å². The van der Waals surface area contributed by atoms with Crippen molar-refractivity contribution in [2.75, 3.05) is 62.3 Å². The van der Waals surface area contributed by atoms with Gasteiger partial charge in [0.2, 0.25) is 5.91 Å². The summed E-state index contributed by atoms with van der Waals surface area (Å²) >= 11 is 0. The molecule has 2 heterocycles. The fourth-order valence-electron chi connectivity index (χ4n) is 3.35. The van der Waals surface area contributed by atoms with Crippen molar-refractivity contribution in [1.29, 1.82) is 0 Å². The number of alkyl halides is 1. The number of nitrogens with zero attached hydrogens (tertiary/aromatic N) is 3. The highest BCUT2D eigenvalue weighted by Gasteiger charge is 2.33. The third-order valence-electron chi connectivity index (χ3n) is 4.81. The normalized spacial score (nSPS) is 20.7. The summed E-state index contributed by atoms with van der Waals surface area (Å²) in [5.74, 6) is -0.615. The minimum absolute atomic E-state index is 0.202. The molecule has 27 heavy (non-hydrogen) atoms. The molecule has 2 saturated heterocycles. The largest absolute Gasteiger partial charge is 0.442 e. The molecule has 2 aliphatic rings. The van der Waals surface area contributed by atoms with Gasteiger partial charge in [-0.25, -0.2) is 13.6 Å². The van der Waals surface area contributed by atoms with E-state index in [2.05, 4.69) is 5.32 Å². The van der Waals surface area contributed by atoms with Crippen LogP contribution in [0.3, 0.4) is 0 Å². The van der Waals surface area contributed by atoms with Gasteiger partial charge in [-0.05, 0) is 18.2 Å². The number of piperazine rings is 1. The number of carbonyl (C=O) groups is 2. The van der Waals surface area contributed by atoms with E-state index >= 15 is 0 Å². The maximum Gasteiger partial charge on any atom is 0.414 e. The molecule has 1 atom stereocenters. The zero-order valence-corrected chi connectivity index (χ0v) is 15.3. The lowest BCUT2D eigenvalue weighted by Gasteiger charge is -2.35. The molecule has 2 fully saturated rings. The number of halogens is 2.